The van der Waals surface area contributed by atoms with Gasteiger partial charge >= 0.3 is 0 Å². The van der Waals surface area contributed by atoms with Gasteiger partial charge in [-0.2, -0.15) is 0 Å². The number of thiocarbonyl (C=S) groups is 1. The molecule has 0 aliphatic carbocycles. The fourth-order valence-corrected chi connectivity index (χ4v) is 2.14. The summed E-state index contributed by atoms with van der Waals surface area (Å²) in [5.74, 6) is -0.432. The number of rotatable bonds is 5. The summed E-state index contributed by atoms with van der Waals surface area (Å²) in [7, 11) is 0. The SMILES string of the molecule is CCC(C(=O)NCc1cccs1)C(N)=S. The Labute approximate surface area is 98.7 Å². The minimum absolute atomic E-state index is 0.0848. The zero-order valence-electron chi connectivity index (χ0n) is 8.53. The third kappa shape index (κ3) is 3.60. The minimum Gasteiger partial charge on any atom is -0.393 e. The van der Waals surface area contributed by atoms with Crippen LogP contribution in [0.4, 0.5) is 0 Å². The first kappa shape index (κ1) is 12.1. The van der Waals surface area contributed by atoms with E-state index >= 15 is 0 Å². The van der Waals surface area contributed by atoms with Crippen molar-refractivity contribution in [3.63, 3.8) is 0 Å². The normalized spacial score (nSPS) is 12.1. The quantitative estimate of drug-likeness (QED) is 0.772. The molecule has 1 aromatic rings. The lowest BCUT2D eigenvalue weighted by Crippen LogP contribution is -2.37. The third-order valence-electron chi connectivity index (χ3n) is 2.09. The Morgan fingerprint density at radius 3 is 2.93 bits per heavy atom. The van der Waals surface area contributed by atoms with E-state index in [-0.39, 0.29) is 16.8 Å². The molecule has 1 aromatic heterocycles. The van der Waals surface area contributed by atoms with Crippen molar-refractivity contribution in [3.05, 3.63) is 22.4 Å². The topological polar surface area (TPSA) is 55.1 Å². The smallest absolute Gasteiger partial charge is 0.230 e. The second-order valence-electron chi connectivity index (χ2n) is 3.16. The van der Waals surface area contributed by atoms with Crippen molar-refractivity contribution in [2.24, 2.45) is 11.7 Å². The summed E-state index contributed by atoms with van der Waals surface area (Å²) in [5.41, 5.74) is 5.47. The monoisotopic (exact) mass is 242 g/mol. The van der Waals surface area contributed by atoms with Crippen LogP contribution in [0.3, 0.4) is 0 Å². The summed E-state index contributed by atoms with van der Waals surface area (Å²) in [4.78, 5) is 13.0. The second kappa shape index (κ2) is 5.82. The number of carbonyl (C=O) groups is 1. The van der Waals surface area contributed by atoms with Crippen LogP contribution in [0.5, 0.6) is 0 Å². The van der Waals surface area contributed by atoms with Crippen molar-refractivity contribution in [2.75, 3.05) is 0 Å². The van der Waals surface area contributed by atoms with Gasteiger partial charge in [0.25, 0.3) is 0 Å². The molecule has 0 aliphatic heterocycles. The summed E-state index contributed by atoms with van der Waals surface area (Å²) in [6.45, 7) is 2.45. The van der Waals surface area contributed by atoms with Crippen LogP contribution in [0, 0.1) is 5.92 Å². The molecule has 0 aromatic carbocycles. The van der Waals surface area contributed by atoms with Gasteiger partial charge in [-0.25, -0.2) is 0 Å². The van der Waals surface area contributed by atoms with Crippen molar-refractivity contribution >= 4 is 34.5 Å². The molecule has 3 N–H and O–H groups in total. The standard InChI is InChI=1S/C10H14N2OS2/c1-2-8(9(11)14)10(13)12-6-7-4-3-5-15-7/h3-5,8H,2,6H2,1H3,(H2,11,14)(H,12,13). The number of thiophene rings is 1. The van der Waals surface area contributed by atoms with Gasteiger partial charge in [0.05, 0.1) is 17.5 Å². The minimum atomic E-state index is -0.347. The average molecular weight is 242 g/mol. The number of carbonyl (C=O) groups excluding carboxylic acids is 1. The molecular formula is C10H14N2OS2. The maximum absolute atomic E-state index is 11.6. The van der Waals surface area contributed by atoms with E-state index in [0.29, 0.717) is 13.0 Å². The van der Waals surface area contributed by atoms with E-state index in [0.717, 1.165) is 4.88 Å². The highest BCUT2D eigenvalue weighted by atomic mass is 32.1. The first-order valence-electron chi connectivity index (χ1n) is 4.74. The van der Waals surface area contributed by atoms with Crippen molar-refractivity contribution < 1.29 is 4.79 Å². The van der Waals surface area contributed by atoms with Gasteiger partial charge in [0.1, 0.15) is 0 Å². The van der Waals surface area contributed by atoms with Gasteiger partial charge in [-0.05, 0) is 17.9 Å². The molecule has 0 saturated heterocycles. The van der Waals surface area contributed by atoms with Crippen LogP contribution in [-0.4, -0.2) is 10.9 Å². The Morgan fingerprint density at radius 1 is 1.73 bits per heavy atom. The lowest BCUT2D eigenvalue weighted by Gasteiger charge is -2.12. The molecule has 1 heterocycles. The van der Waals surface area contributed by atoms with E-state index < -0.39 is 0 Å². The van der Waals surface area contributed by atoms with Crippen LogP contribution >= 0.6 is 23.6 Å². The Bertz CT molecular complexity index is 335. The van der Waals surface area contributed by atoms with Crippen molar-refractivity contribution in [1.29, 1.82) is 0 Å². The summed E-state index contributed by atoms with van der Waals surface area (Å²) in [6.07, 6.45) is 0.644. The molecule has 1 amide bonds. The van der Waals surface area contributed by atoms with E-state index in [1.807, 2.05) is 24.4 Å². The largest absolute Gasteiger partial charge is 0.393 e. The highest BCUT2D eigenvalue weighted by Gasteiger charge is 2.18. The van der Waals surface area contributed by atoms with Crippen LogP contribution in [0.15, 0.2) is 17.5 Å². The molecule has 0 spiro atoms. The Balaban J connectivity index is 2.44. The number of nitrogens with one attached hydrogen (secondary N) is 1. The van der Waals surface area contributed by atoms with Gasteiger partial charge in [-0.1, -0.05) is 25.2 Å². The molecule has 0 aliphatic rings. The molecule has 0 saturated carbocycles. The maximum atomic E-state index is 11.6. The van der Waals surface area contributed by atoms with Gasteiger partial charge in [-0.15, -0.1) is 11.3 Å². The predicted molar refractivity (Wildman–Crippen MR) is 66.7 cm³/mol. The lowest BCUT2D eigenvalue weighted by molar-refractivity contribution is -0.123. The molecule has 1 unspecified atom stereocenters. The highest BCUT2D eigenvalue weighted by Crippen LogP contribution is 2.09. The van der Waals surface area contributed by atoms with Crippen LogP contribution in [0.1, 0.15) is 18.2 Å². The zero-order valence-corrected chi connectivity index (χ0v) is 10.2. The molecule has 5 heteroatoms. The maximum Gasteiger partial charge on any atom is 0.230 e. The first-order chi connectivity index (χ1) is 7.15. The Kier molecular flexibility index (Phi) is 4.71. The zero-order chi connectivity index (χ0) is 11.3. The predicted octanol–water partition coefficient (Wildman–Crippen LogP) is 1.68. The number of hydrogen-bond acceptors (Lipinski definition) is 3. The van der Waals surface area contributed by atoms with Gasteiger partial charge < -0.3 is 11.1 Å². The van der Waals surface area contributed by atoms with E-state index in [4.69, 9.17) is 18.0 Å². The van der Waals surface area contributed by atoms with Gasteiger partial charge in [0.2, 0.25) is 5.91 Å². The molecule has 0 bridgehead atoms. The number of nitrogens with two attached hydrogens (primary N) is 1. The molecule has 15 heavy (non-hydrogen) atoms. The Morgan fingerprint density at radius 2 is 2.47 bits per heavy atom. The number of hydrogen-bond donors (Lipinski definition) is 2. The lowest BCUT2D eigenvalue weighted by atomic mass is 10.1. The first-order valence-corrected chi connectivity index (χ1v) is 6.03. The van der Waals surface area contributed by atoms with Crippen molar-refractivity contribution in [1.82, 2.24) is 5.32 Å². The molecule has 0 radical (unpaired) electrons. The fraction of sp³-hybridized carbons (Fsp3) is 0.400. The molecule has 1 atom stereocenters. The van der Waals surface area contributed by atoms with Crippen LogP contribution in [0.2, 0.25) is 0 Å². The fourth-order valence-electron chi connectivity index (χ4n) is 1.23. The van der Waals surface area contributed by atoms with E-state index in [9.17, 15) is 4.79 Å². The molecule has 82 valence electrons. The average Bonchev–Trinajstić information content (AvgIpc) is 2.67. The summed E-state index contributed by atoms with van der Waals surface area (Å²) in [5, 5.41) is 4.80. The van der Waals surface area contributed by atoms with E-state index in [2.05, 4.69) is 5.32 Å². The number of amides is 1. The van der Waals surface area contributed by atoms with Crippen LogP contribution < -0.4 is 11.1 Å². The van der Waals surface area contributed by atoms with Crippen molar-refractivity contribution in [3.8, 4) is 0 Å². The van der Waals surface area contributed by atoms with Crippen molar-refractivity contribution in [2.45, 2.75) is 19.9 Å². The summed E-state index contributed by atoms with van der Waals surface area (Å²) >= 11 is 6.44. The van der Waals surface area contributed by atoms with Gasteiger partial charge in [-0.3, -0.25) is 4.79 Å². The van der Waals surface area contributed by atoms with Crippen LogP contribution in [0.25, 0.3) is 0 Å². The summed E-state index contributed by atoms with van der Waals surface area (Å²) in [6, 6.07) is 3.93. The van der Waals surface area contributed by atoms with Crippen LogP contribution in [-0.2, 0) is 11.3 Å². The van der Waals surface area contributed by atoms with Gasteiger partial charge in [0, 0.05) is 4.88 Å². The highest BCUT2D eigenvalue weighted by molar-refractivity contribution is 7.80. The Hall–Kier alpha value is -0.940. The second-order valence-corrected chi connectivity index (χ2v) is 4.66. The van der Waals surface area contributed by atoms with Gasteiger partial charge in [0.15, 0.2) is 0 Å². The van der Waals surface area contributed by atoms with E-state index in [1.54, 1.807) is 11.3 Å². The molecule has 1 rings (SSSR count). The third-order valence-corrected chi connectivity index (χ3v) is 3.25. The molecule has 3 nitrogen and oxygen atoms in total. The summed E-state index contributed by atoms with van der Waals surface area (Å²) < 4.78 is 0. The molecular weight excluding hydrogens is 228 g/mol. The van der Waals surface area contributed by atoms with E-state index in [1.165, 1.54) is 0 Å². The molecule has 0 fully saturated rings.